The van der Waals surface area contributed by atoms with E-state index in [4.69, 9.17) is 0 Å². The third-order valence-electron chi connectivity index (χ3n) is 4.31. The number of ketones is 1. The summed E-state index contributed by atoms with van der Waals surface area (Å²) in [5.41, 5.74) is 0.473. The summed E-state index contributed by atoms with van der Waals surface area (Å²) < 4.78 is 56.6. The Balaban J connectivity index is 2.00. The van der Waals surface area contributed by atoms with E-state index in [1.54, 1.807) is 6.07 Å². The summed E-state index contributed by atoms with van der Waals surface area (Å²) in [6.45, 7) is 0. The SMILES string of the molecule is O=C(c1ccccc1)C(F)(F)C(C=Cc1ccc(F)cc1)c1ccc(F)cc1. The maximum atomic E-state index is 15.2. The highest BCUT2D eigenvalue weighted by atomic mass is 19.3. The highest BCUT2D eigenvalue weighted by Gasteiger charge is 2.46. The molecule has 0 spiro atoms. The molecule has 0 heterocycles. The molecule has 1 nitrogen and oxygen atoms in total. The zero-order valence-electron chi connectivity index (χ0n) is 14.7. The van der Waals surface area contributed by atoms with Gasteiger partial charge in [-0.1, -0.05) is 66.7 Å². The molecule has 0 saturated carbocycles. The minimum atomic E-state index is -3.77. The first kappa shape index (κ1) is 19.5. The average Bonchev–Trinajstić information content (AvgIpc) is 2.71. The minimum absolute atomic E-state index is 0.0917. The molecule has 3 rings (SSSR count). The predicted molar refractivity (Wildman–Crippen MR) is 100 cm³/mol. The van der Waals surface area contributed by atoms with Gasteiger partial charge >= 0.3 is 5.92 Å². The molecule has 0 aliphatic carbocycles. The molecule has 1 atom stereocenters. The second-order valence-corrected chi connectivity index (χ2v) is 6.26. The Hall–Kier alpha value is -3.21. The molecule has 142 valence electrons. The predicted octanol–water partition coefficient (Wildman–Crippen LogP) is 6.28. The zero-order chi connectivity index (χ0) is 20.1. The number of carbonyl (C=O) groups excluding carboxylic acids is 1. The number of hydrogen-bond donors (Lipinski definition) is 0. The fourth-order valence-corrected chi connectivity index (χ4v) is 2.82. The van der Waals surface area contributed by atoms with Crippen molar-refractivity contribution in [1.82, 2.24) is 0 Å². The van der Waals surface area contributed by atoms with Gasteiger partial charge in [-0.25, -0.2) is 8.78 Å². The van der Waals surface area contributed by atoms with E-state index in [9.17, 15) is 13.6 Å². The molecule has 3 aromatic carbocycles. The highest BCUT2D eigenvalue weighted by Crippen LogP contribution is 2.38. The fourth-order valence-electron chi connectivity index (χ4n) is 2.82. The minimum Gasteiger partial charge on any atom is -0.287 e. The van der Waals surface area contributed by atoms with Gasteiger partial charge in [-0.15, -0.1) is 0 Å². The molecule has 0 amide bonds. The van der Waals surface area contributed by atoms with Gasteiger partial charge in [-0.3, -0.25) is 4.79 Å². The van der Waals surface area contributed by atoms with Crippen molar-refractivity contribution in [3.05, 3.63) is 113 Å². The van der Waals surface area contributed by atoms with Crippen molar-refractivity contribution in [2.45, 2.75) is 11.8 Å². The Labute approximate surface area is 160 Å². The maximum Gasteiger partial charge on any atom is 0.319 e. The van der Waals surface area contributed by atoms with E-state index >= 15 is 8.78 Å². The largest absolute Gasteiger partial charge is 0.319 e. The normalized spacial score (nSPS) is 12.9. The van der Waals surface area contributed by atoms with Gasteiger partial charge < -0.3 is 0 Å². The van der Waals surface area contributed by atoms with Gasteiger partial charge in [-0.05, 0) is 35.4 Å². The molecular formula is C23H16F4O. The van der Waals surface area contributed by atoms with Crippen molar-refractivity contribution >= 4 is 11.9 Å². The van der Waals surface area contributed by atoms with E-state index < -0.39 is 29.3 Å². The van der Waals surface area contributed by atoms with Gasteiger partial charge in [0.2, 0.25) is 5.78 Å². The topological polar surface area (TPSA) is 17.1 Å². The third-order valence-corrected chi connectivity index (χ3v) is 4.31. The van der Waals surface area contributed by atoms with E-state index in [1.807, 2.05) is 0 Å². The molecular weight excluding hydrogens is 368 g/mol. The lowest BCUT2D eigenvalue weighted by Crippen LogP contribution is -2.35. The van der Waals surface area contributed by atoms with Gasteiger partial charge in [0.15, 0.2) is 0 Å². The number of rotatable bonds is 6. The number of hydrogen-bond acceptors (Lipinski definition) is 1. The van der Waals surface area contributed by atoms with Crippen molar-refractivity contribution in [3.63, 3.8) is 0 Å². The van der Waals surface area contributed by atoms with E-state index in [2.05, 4.69) is 0 Å². The standard InChI is InChI=1S/C23H16F4O/c24-19-11-6-16(7-12-19)8-15-21(17-9-13-20(25)14-10-17)23(26,27)22(28)18-4-2-1-3-5-18/h1-15,21H. The summed E-state index contributed by atoms with van der Waals surface area (Å²) in [5.74, 6) is -7.73. The monoisotopic (exact) mass is 384 g/mol. The molecule has 0 bridgehead atoms. The van der Waals surface area contributed by atoms with Crippen LogP contribution in [0.5, 0.6) is 0 Å². The summed E-state index contributed by atoms with van der Waals surface area (Å²) in [7, 11) is 0. The van der Waals surface area contributed by atoms with Crippen LogP contribution in [0, 0.1) is 11.6 Å². The average molecular weight is 384 g/mol. The lowest BCUT2D eigenvalue weighted by molar-refractivity contribution is 0.00125. The molecule has 0 aliphatic rings. The Morgan fingerprint density at radius 1 is 0.786 bits per heavy atom. The van der Waals surface area contributed by atoms with Crippen LogP contribution in [0.15, 0.2) is 84.9 Å². The van der Waals surface area contributed by atoms with Crippen LogP contribution in [0.4, 0.5) is 17.6 Å². The number of carbonyl (C=O) groups is 1. The van der Waals surface area contributed by atoms with Crippen LogP contribution in [0.3, 0.4) is 0 Å². The van der Waals surface area contributed by atoms with Crippen LogP contribution in [-0.4, -0.2) is 11.7 Å². The summed E-state index contributed by atoms with van der Waals surface area (Å²) >= 11 is 0. The molecule has 28 heavy (non-hydrogen) atoms. The van der Waals surface area contributed by atoms with Crippen molar-refractivity contribution in [2.75, 3.05) is 0 Å². The van der Waals surface area contributed by atoms with E-state index in [1.165, 1.54) is 72.8 Å². The first-order valence-corrected chi connectivity index (χ1v) is 8.55. The van der Waals surface area contributed by atoms with Crippen molar-refractivity contribution in [2.24, 2.45) is 0 Å². The summed E-state index contributed by atoms with van der Waals surface area (Å²) in [5, 5.41) is 0. The van der Waals surface area contributed by atoms with Gasteiger partial charge in [-0.2, -0.15) is 8.78 Å². The van der Waals surface area contributed by atoms with Crippen LogP contribution in [0.1, 0.15) is 27.4 Å². The van der Waals surface area contributed by atoms with Crippen LogP contribution in [0.25, 0.3) is 6.08 Å². The van der Waals surface area contributed by atoms with Crippen LogP contribution in [0.2, 0.25) is 0 Å². The summed E-state index contributed by atoms with van der Waals surface area (Å²) in [6.07, 6.45) is 2.57. The Kier molecular flexibility index (Phi) is 5.73. The van der Waals surface area contributed by atoms with E-state index in [0.717, 1.165) is 12.1 Å². The molecule has 1 unspecified atom stereocenters. The third kappa shape index (κ3) is 4.36. The first-order valence-electron chi connectivity index (χ1n) is 8.55. The van der Waals surface area contributed by atoms with Crippen molar-refractivity contribution in [3.8, 4) is 0 Å². The Morgan fingerprint density at radius 3 is 1.89 bits per heavy atom. The van der Waals surface area contributed by atoms with E-state index in [0.29, 0.717) is 5.56 Å². The molecule has 0 radical (unpaired) electrons. The molecule has 0 N–H and O–H groups in total. The maximum absolute atomic E-state index is 15.2. The second kappa shape index (κ2) is 8.21. The summed E-state index contributed by atoms with van der Waals surface area (Å²) in [4.78, 5) is 12.5. The molecule has 0 aliphatic heterocycles. The van der Waals surface area contributed by atoms with Crippen LogP contribution >= 0.6 is 0 Å². The fraction of sp³-hybridized carbons (Fsp3) is 0.0870. The van der Waals surface area contributed by atoms with E-state index in [-0.39, 0.29) is 11.1 Å². The molecule has 0 saturated heterocycles. The quantitative estimate of drug-likeness (QED) is 0.361. The number of allylic oxidation sites excluding steroid dienone is 1. The number of Topliss-reactive ketones (excluding diaryl/α,β-unsaturated/α-hetero) is 1. The number of benzene rings is 3. The highest BCUT2D eigenvalue weighted by molar-refractivity contribution is 6.02. The van der Waals surface area contributed by atoms with Crippen LogP contribution in [-0.2, 0) is 0 Å². The number of alkyl halides is 2. The van der Waals surface area contributed by atoms with Gasteiger partial charge in [0.05, 0.1) is 5.92 Å². The lowest BCUT2D eigenvalue weighted by Gasteiger charge is -2.24. The molecule has 5 heteroatoms. The number of halogens is 4. The Morgan fingerprint density at radius 2 is 1.32 bits per heavy atom. The first-order chi connectivity index (χ1) is 13.4. The van der Waals surface area contributed by atoms with Crippen LogP contribution < -0.4 is 0 Å². The molecule has 0 fully saturated rings. The van der Waals surface area contributed by atoms with Gasteiger partial charge in [0.25, 0.3) is 0 Å². The van der Waals surface area contributed by atoms with Crippen molar-refractivity contribution in [1.29, 1.82) is 0 Å². The van der Waals surface area contributed by atoms with Crippen molar-refractivity contribution < 1.29 is 22.4 Å². The second-order valence-electron chi connectivity index (χ2n) is 6.26. The van der Waals surface area contributed by atoms with Gasteiger partial charge in [0, 0.05) is 5.56 Å². The van der Waals surface area contributed by atoms with Gasteiger partial charge in [0.1, 0.15) is 11.6 Å². The smallest absolute Gasteiger partial charge is 0.287 e. The Bertz CT molecular complexity index is 962. The molecule has 3 aromatic rings. The lowest BCUT2D eigenvalue weighted by atomic mass is 9.87. The molecule has 0 aromatic heterocycles. The zero-order valence-corrected chi connectivity index (χ0v) is 14.7. The summed E-state index contributed by atoms with van der Waals surface area (Å²) in [6, 6.07) is 17.1.